The molecular weight excluding hydrogens is 382 g/mol. The number of hydrogen-bond donors (Lipinski definition) is 1. The highest BCUT2D eigenvalue weighted by atomic mass is 16.7. The van der Waals surface area contributed by atoms with Crippen LogP contribution in [0.4, 0.5) is 5.82 Å². The summed E-state index contributed by atoms with van der Waals surface area (Å²) in [6.45, 7) is 14.8. The predicted molar refractivity (Wildman–Crippen MR) is 119 cm³/mol. The minimum Gasteiger partial charge on any atom is -0.379 e. The number of rotatable bonds is 13. The molecule has 8 heteroatoms. The van der Waals surface area contributed by atoms with E-state index in [0.717, 1.165) is 64.0 Å². The third kappa shape index (κ3) is 7.14. The van der Waals surface area contributed by atoms with E-state index in [4.69, 9.17) is 19.2 Å². The van der Waals surface area contributed by atoms with Gasteiger partial charge in [-0.25, -0.2) is 4.98 Å². The first-order valence-corrected chi connectivity index (χ1v) is 11.3. The van der Waals surface area contributed by atoms with E-state index in [9.17, 15) is 0 Å². The van der Waals surface area contributed by atoms with Gasteiger partial charge in [0.2, 0.25) is 0 Å². The molecule has 1 aromatic heterocycles. The first kappa shape index (κ1) is 23.4. The third-order valence-electron chi connectivity index (χ3n) is 5.80. The van der Waals surface area contributed by atoms with Crippen molar-refractivity contribution < 1.29 is 14.2 Å². The number of aromatic nitrogens is 1. The summed E-state index contributed by atoms with van der Waals surface area (Å²) in [6.07, 6.45) is -0.202. The molecule has 0 saturated carbocycles. The van der Waals surface area contributed by atoms with Crippen LogP contribution in [0.5, 0.6) is 0 Å². The van der Waals surface area contributed by atoms with Crippen molar-refractivity contribution in [3.05, 3.63) is 23.9 Å². The molecule has 0 atom stereocenters. The number of anilines is 1. The standard InChI is InChI=1S/C22H39N5O3/c1-4-29-22(30-5-2)16-23-15-19-7-6-8-21(24-19)27-17-20(18-27)25(3)9-10-26-11-13-28-14-12-26/h6-8,20,22-23H,4-5,9-18H2,1-3H3. The van der Waals surface area contributed by atoms with Gasteiger partial charge in [0.05, 0.1) is 18.9 Å². The lowest BCUT2D eigenvalue weighted by Crippen LogP contribution is -2.59. The molecule has 3 rings (SSSR count). The van der Waals surface area contributed by atoms with Gasteiger partial charge in [-0.15, -0.1) is 0 Å². The molecule has 170 valence electrons. The van der Waals surface area contributed by atoms with Crippen molar-refractivity contribution in [2.45, 2.75) is 32.7 Å². The predicted octanol–water partition coefficient (Wildman–Crippen LogP) is 1.02. The SMILES string of the molecule is CCOC(CNCc1cccc(N2CC(N(C)CCN3CCOCC3)C2)n1)OCC. The topological polar surface area (TPSA) is 62.3 Å². The highest BCUT2D eigenvalue weighted by Crippen LogP contribution is 2.21. The van der Waals surface area contributed by atoms with Crippen molar-refractivity contribution in [2.24, 2.45) is 0 Å². The molecule has 2 aliphatic heterocycles. The molecule has 3 heterocycles. The second-order valence-corrected chi connectivity index (χ2v) is 7.95. The van der Waals surface area contributed by atoms with Gasteiger partial charge in [-0.3, -0.25) is 9.80 Å². The van der Waals surface area contributed by atoms with E-state index in [1.54, 1.807) is 0 Å². The fourth-order valence-corrected chi connectivity index (χ4v) is 3.82. The number of morpholine rings is 1. The highest BCUT2D eigenvalue weighted by molar-refractivity contribution is 5.43. The zero-order valence-corrected chi connectivity index (χ0v) is 18.9. The van der Waals surface area contributed by atoms with Crippen LogP contribution in [0.2, 0.25) is 0 Å². The summed E-state index contributed by atoms with van der Waals surface area (Å²) in [5.74, 6) is 1.07. The van der Waals surface area contributed by atoms with Crippen LogP contribution in [-0.4, -0.2) is 106 Å². The van der Waals surface area contributed by atoms with Crippen molar-refractivity contribution in [3.8, 4) is 0 Å². The Morgan fingerprint density at radius 2 is 1.93 bits per heavy atom. The molecule has 0 bridgehead atoms. The van der Waals surface area contributed by atoms with Crippen LogP contribution in [0.1, 0.15) is 19.5 Å². The van der Waals surface area contributed by atoms with Crippen molar-refractivity contribution in [1.29, 1.82) is 0 Å². The van der Waals surface area contributed by atoms with Crippen LogP contribution < -0.4 is 10.2 Å². The Bertz CT molecular complexity index is 602. The Balaban J connectivity index is 1.38. The van der Waals surface area contributed by atoms with Crippen LogP contribution >= 0.6 is 0 Å². The van der Waals surface area contributed by atoms with Gasteiger partial charge < -0.3 is 24.4 Å². The maximum atomic E-state index is 5.57. The van der Waals surface area contributed by atoms with Gasteiger partial charge in [0.1, 0.15) is 5.82 Å². The Kier molecular flexibility index (Phi) is 9.77. The molecule has 2 fully saturated rings. The van der Waals surface area contributed by atoms with Crippen LogP contribution in [0.25, 0.3) is 0 Å². The largest absolute Gasteiger partial charge is 0.379 e. The van der Waals surface area contributed by atoms with Crippen molar-refractivity contribution in [1.82, 2.24) is 20.1 Å². The molecule has 1 aromatic rings. The monoisotopic (exact) mass is 421 g/mol. The van der Waals surface area contributed by atoms with E-state index in [1.165, 1.54) is 0 Å². The van der Waals surface area contributed by atoms with Gasteiger partial charge >= 0.3 is 0 Å². The maximum Gasteiger partial charge on any atom is 0.169 e. The van der Waals surface area contributed by atoms with E-state index in [2.05, 4.69) is 45.3 Å². The van der Waals surface area contributed by atoms with Crippen molar-refractivity contribution in [3.63, 3.8) is 0 Å². The average molecular weight is 422 g/mol. The summed E-state index contributed by atoms with van der Waals surface area (Å²) in [7, 11) is 2.24. The molecule has 2 aliphatic rings. The summed E-state index contributed by atoms with van der Waals surface area (Å²) in [5, 5.41) is 3.40. The minimum atomic E-state index is -0.202. The summed E-state index contributed by atoms with van der Waals surface area (Å²) in [4.78, 5) is 12.2. The van der Waals surface area contributed by atoms with Gasteiger partial charge in [0, 0.05) is 71.6 Å². The molecule has 2 saturated heterocycles. The van der Waals surface area contributed by atoms with E-state index in [1.807, 2.05) is 13.8 Å². The van der Waals surface area contributed by atoms with Gasteiger partial charge in [-0.1, -0.05) is 6.07 Å². The number of ether oxygens (including phenoxy) is 3. The number of hydrogen-bond acceptors (Lipinski definition) is 8. The molecule has 0 radical (unpaired) electrons. The Morgan fingerprint density at radius 1 is 1.20 bits per heavy atom. The van der Waals surface area contributed by atoms with Crippen LogP contribution in [-0.2, 0) is 20.8 Å². The molecule has 0 spiro atoms. The maximum absolute atomic E-state index is 5.57. The normalized spacial score (nSPS) is 18.4. The summed E-state index contributed by atoms with van der Waals surface area (Å²) >= 11 is 0. The van der Waals surface area contributed by atoms with Crippen LogP contribution in [0.3, 0.4) is 0 Å². The molecule has 0 unspecified atom stereocenters. The summed E-state index contributed by atoms with van der Waals surface area (Å²) in [5.41, 5.74) is 1.04. The number of likely N-dealkylation sites (N-methyl/N-ethyl adjacent to an activating group) is 1. The number of nitrogens with zero attached hydrogens (tertiary/aromatic N) is 4. The lowest BCUT2D eigenvalue weighted by molar-refractivity contribution is -0.133. The molecule has 1 N–H and O–H groups in total. The minimum absolute atomic E-state index is 0.202. The zero-order chi connectivity index (χ0) is 21.2. The van der Waals surface area contributed by atoms with E-state index in [-0.39, 0.29) is 6.29 Å². The first-order valence-electron chi connectivity index (χ1n) is 11.3. The fraction of sp³-hybridized carbons (Fsp3) is 0.773. The van der Waals surface area contributed by atoms with Gasteiger partial charge in [-0.2, -0.15) is 0 Å². The molecular formula is C22H39N5O3. The third-order valence-corrected chi connectivity index (χ3v) is 5.80. The number of nitrogens with one attached hydrogen (secondary N) is 1. The Morgan fingerprint density at radius 3 is 2.63 bits per heavy atom. The molecule has 0 amide bonds. The van der Waals surface area contributed by atoms with E-state index in [0.29, 0.717) is 32.3 Å². The van der Waals surface area contributed by atoms with Gasteiger partial charge in [0.25, 0.3) is 0 Å². The van der Waals surface area contributed by atoms with E-state index >= 15 is 0 Å². The quantitative estimate of drug-likeness (QED) is 0.474. The molecule has 30 heavy (non-hydrogen) atoms. The zero-order valence-electron chi connectivity index (χ0n) is 18.9. The lowest BCUT2D eigenvalue weighted by atomic mass is 10.1. The molecule has 8 nitrogen and oxygen atoms in total. The summed E-state index contributed by atoms with van der Waals surface area (Å²) in [6, 6.07) is 6.87. The molecule has 0 aromatic carbocycles. The smallest absolute Gasteiger partial charge is 0.169 e. The molecule has 0 aliphatic carbocycles. The van der Waals surface area contributed by atoms with Crippen molar-refractivity contribution in [2.75, 3.05) is 84.2 Å². The number of pyridine rings is 1. The first-order chi connectivity index (χ1) is 14.7. The van der Waals surface area contributed by atoms with Crippen LogP contribution in [0, 0.1) is 0 Å². The Hall–Kier alpha value is -1.29. The second-order valence-electron chi connectivity index (χ2n) is 7.95. The van der Waals surface area contributed by atoms with Crippen molar-refractivity contribution >= 4 is 5.82 Å². The van der Waals surface area contributed by atoms with Gasteiger partial charge in [0.15, 0.2) is 6.29 Å². The van der Waals surface area contributed by atoms with E-state index < -0.39 is 0 Å². The fourth-order valence-electron chi connectivity index (χ4n) is 3.82. The van der Waals surface area contributed by atoms with Gasteiger partial charge in [-0.05, 0) is 33.0 Å². The lowest BCUT2D eigenvalue weighted by Gasteiger charge is -2.45. The second kappa shape index (κ2) is 12.5. The Labute approximate surface area is 181 Å². The van der Waals surface area contributed by atoms with Crippen LogP contribution in [0.15, 0.2) is 18.2 Å². The summed E-state index contributed by atoms with van der Waals surface area (Å²) < 4.78 is 16.6. The average Bonchev–Trinajstić information content (AvgIpc) is 2.73. The highest BCUT2D eigenvalue weighted by Gasteiger charge is 2.31.